The number of nitrogens with one attached hydrogen (secondary N) is 2. The lowest BCUT2D eigenvalue weighted by atomic mass is 9.88. The van der Waals surface area contributed by atoms with E-state index < -0.39 is 0 Å². The number of pyridine rings is 1. The number of anilines is 1. The van der Waals surface area contributed by atoms with E-state index in [0.717, 1.165) is 51.9 Å². The molecule has 2 aromatic rings. The first-order valence-corrected chi connectivity index (χ1v) is 13.0. The zero-order valence-corrected chi connectivity index (χ0v) is 23.2. The molecule has 1 fully saturated rings. The average molecular weight is 532 g/mol. The predicted molar refractivity (Wildman–Crippen MR) is 144 cm³/mol. The van der Waals surface area contributed by atoms with Gasteiger partial charge in [0.05, 0.1) is 0 Å². The summed E-state index contributed by atoms with van der Waals surface area (Å²) >= 11 is 3.71. The van der Waals surface area contributed by atoms with Gasteiger partial charge in [0.25, 0.3) is 11.5 Å². The van der Waals surface area contributed by atoms with Gasteiger partial charge in [-0.05, 0) is 103 Å². The van der Waals surface area contributed by atoms with Crippen LogP contribution in [-0.2, 0) is 6.54 Å². The Hall–Kier alpha value is -2.12. The van der Waals surface area contributed by atoms with Crippen molar-refractivity contribution in [2.24, 2.45) is 0 Å². The Bertz CT molecular complexity index is 1100. The Morgan fingerprint density at radius 3 is 2.24 bits per heavy atom. The zero-order valence-electron chi connectivity index (χ0n) is 21.6. The Balaban J connectivity index is 1.87. The Labute approximate surface area is 212 Å². The minimum atomic E-state index is -0.149. The van der Waals surface area contributed by atoms with Crippen LogP contribution in [0.5, 0.6) is 0 Å². The van der Waals surface area contributed by atoms with Crippen LogP contribution < -0.4 is 15.8 Å². The molecule has 1 amide bonds. The summed E-state index contributed by atoms with van der Waals surface area (Å²) in [7, 11) is 4.33. The van der Waals surface area contributed by atoms with Crippen molar-refractivity contribution in [1.29, 1.82) is 0 Å². The van der Waals surface area contributed by atoms with Crippen molar-refractivity contribution in [3.05, 3.63) is 60.5 Å². The molecule has 186 valence electrons. The first-order chi connectivity index (χ1) is 16.0. The number of amides is 1. The van der Waals surface area contributed by atoms with Crippen LogP contribution in [0.25, 0.3) is 0 Å². The molecule has 7 heteroatoms. The number of carbonyl (C=O) groups is 1. The molecule has 0 saturated heterocycles. The molecule has 1 aromatic carbocycles. The number of rotatable bonds is 7. The Kier molecular flexibility index (Phi) is 8.63. The molecule has 0 unspecified atom stereocenters. The van der Waals surface area contributed by atoms with Gasteiger partial charge in [-0.15, -0.1) is 0 Å². The van der Waals surface area contributed by atoms with Crippen molar-refractivity contribution >= 4 is 27.5 Å². The molecule has 1 aromatic heterocycles. The molecule has 1 heterocycles. The van der Waals surface area contributed by atoms with Crippen molar-refractivity contribution in [2.75, 3.05) is 25.5 Å². The second-order valence-electron chi connectivity index (χ2n) is 9.84. The van der Waals surface area contributed by atoms with E-state index in [0.29, 0.717) is 23.2 Å². The van der Waals surface area contributed by atoms with Gasteiger partial charge in [-0.25, -0.2) is 0 Å². The molecule has 0 radical (unpaired) electrons. The van der Waals surface area contributed by atoms with Gasteiger partial charge in [0.1, 0.15) is 0 Å². The van der Waals surface area contributed by atoms with Gasteiger partial charge in [0, 0.05) is 52.2 Å². The summed E-state index contributed by atoms with van der Waals surface area (Å²) in [5.41, 5.74) is 5.86. The van der Waals surface area contributed by atoms with Gasteiger partial charge in [-0.2, -0.15) is 0 Å². The molecule has 2 N–H and O–H groups in total. The lowest BCUT2D eigenvalue weighted by molar-refractivity contribution is 0.0949. The topological polar surface area (TPSA) is 68.4 Å². The summed E-state index contributed by atoms with van der Waals surface area (Å²) in [5, 5.41) is 3.00. The molecule has 1 aliphatic rings. The quantitative estimate of drug-likeness (QED) is 0.528. The highest BCUT2D eigenvalue weighted by atomic mass is 79.9. The van der Waals surface area contributed by atoms with E-state index in [1.54, 1.807) is 0 Å². The van der Waals surface area contributed by atoms with Crippen LogP contribution in [0, 0.1) is 27.7 Å². The number of halogens is 1. The van der Waals surface area contributed by atoms with Gasteiger partial charge in [-0.3, -0.25) is 9.59 Å². The molecule has 0 atom stereocenters. The van der Waals surface area contributed by atoms with Gasteiger partial charge >= 0.3 is 0 Å². The molecule has 0 bridgehead atoms. The number of benzene rings is 1. The van der Waals surface area contributed by atoms with Crippen molar-refractivity contribution in [1.82, 2.24) is 15.2 Å². The average Bonchev–Trinajstić information content (AvgIpc) is 2.77. The lowest BCUT2D eigenvalue weighted by Gasteiger charge is -2.40. The third-order valence-electron chi connectivity index (χ3n) is 7.39. The first-order valence-electron chi connectivity index (χ1n) is 12.2. The number of hydrogen-bond donors (Lipinski definition) is 2. The first kappa shape index (κ1) is 26.5. The van der Waals surface area contributed by atoms with Gasteiger partial charge in [-0.1, -0.05) is 15.9 Å². The molecule has 6 nitrogen and oxygen atoms in total. The summed E-state index contributed by atoms with van der Waals surface area (Å²) in [4.78, 5) is 33.4. The van der Waals surface area contributed by atoms with Crippen LogP contribution >= 0.6 is 15.9 Å². The van der Waals surface area contributed by atoms with Crippen molar-refractivity contribution in [3.8, 4) is 0 Å². The lowest BCUT2D eigenvalue weighted by Crippen LogP contribution is -2.42. The fourth-order valence-corrected chi connectivity index (χ4v) is 5.79. The third kappa shape index (κ3) is 5.57. The third-order valence-corrected chi connectivity index (χ3v) is 8.21. The monoisotopic (exact) mass is 530 g/mol. The minimum absolute atomic E-state index is 0.147. The Morgan fingerprint density at radius 2 is 1.68 bits per heavy atom. The SMILES string of the molecule is CCN(c1cc(Br)c(C)c(C(=O)NCc2c(C)cc(C)[nH]c2=O)c1C)[C@H]1CC[C@H](N(C)C)CC1. The highest BCUT2D eigenvalue weighted by molar-refractivity contribution is 9.10. The summed E-state index contributed by atoms with van der Waals surface area (Å²) in [6.45, 7) is 11.1. The molecule has 3 rings (SSSR count). The molecular formula is C27H39BrN4O2. The number of carbonyl (C=O) groups excluding carboxylic acids is 1. The van der Waals surface area contributed by atoms with E-state index in [4.69, 9.17) is 0 Å². The van der Waals surface area contributed by atoms with Gasteiger partial charge in [0.15, 0.2) is 0 Å². The maximum atomic E-state index is 13.4. The van der Waals surface area contributed by atoms with E-state index in [2.05, 4.69) is 63.1 Å². The van der Waals surface area contributed by atoms with Crippen LogP contribution in [-0.4, -0.2) is 48.5 Å². The molecule has 0 aliphatic heterocycles. The number of aromatic nitrogens is 1. The molecule has 0 spiro atoms. The second kappa shape index (κ2) is 11.1. The molecule has 1 saturated carbocycles. The fraction of sp³-hybridized carbons (Fsp3) is 0.556. The number of H-pyrrole nitrogens is 1. The van der Waals surface area contributed by atoms with E-state index in [1.165, 1.54) is 12.8 Å². The highest BCUT2D eigenvalue weighted by Crippen LogP contribution is 2.36. The molecular weight excluding hydrogens is 492 g/mol. The van der Waals surface area contributed by atoms with Gasteiger partial charge in [0.2, 0.25) is 0 Å². The maximum Gasteiger partial charge on any atom is 0.253 e. The van der Waals surface area contributed by atoms with Crippen molar-refractivity contribution < 1.29 is 4.79 Å². The normalized spacial score (nSPS) is 18.3. The Morgan fingerprint density at radius 1 is 1.06 bits per heavy atom. The van der Waals surface area contributed by atoms with E-state index in [1.807, 2.05) is 33.8 Å². The number of aryl methyl sites for hydroxylation is 2. The van der Waals surface area contributed by atoms with Crippen molar-refractivity contribution in [3.63, 3.8) is 0 Å². The number of hydrogen-bond acceptors (Lipinski definition) is 4. The zero-order chi connectivity index (χ0) is 25.2. The summed E-state index contributed by atoms with van der Waals surface area (Å²) in [6, 6.07) is 5.22. The number of aromatic amines is 1. The highest BCUT2D eigenvalue weighted by Gasteiger charge is 2.29. The van der Waals surface area contributed by atoms with Crippen LogP contribution in [0.2, 0.25) is 0 Å². The van der Waals surface area contributed by atoms with Crippen LogP contribution in [0.3, 0.4) is 0 Å². The van der Waals surface area contributed by atoms with E-state index in [-0.39, 0.29) is 18.0 Å². The summed E-state index contributed by atoms with van der Waals surface area (Å²) < 4.78 is 0.933. The minimum Gasteiger partial charge on any atom is -0.369 e. The summed E-state index contributed by atoms with van der Waals surface area (Å²) in [6.07, 6.45) is 4.69. The molecule has 34 heavy (non-hydrogen) atoms. The smallest absolute Gasteiger partial charge is 0.253 e. The maximum absolute atomic E-state index is 13.4. The summed E-state index contributed by atoms with van der Waals surface area (Å²) in [5.74, 6) is -0.149. The largest absolute Gasteiger partial charge is 0.369 e. The van der Waals surface area contributed by atoms with E-state index >= 15 is 0 Å². The standard InChI is InChI=1S/C27H39BrN4O2/c1-8-32(21-11-9-20(10-12-21)31(6)7)24-14-23(28)18(4)25(19(24)5)27(34)29-15-22-16(2)13-17(3)30-26(22)33/h13-14,20-21H,8-12,15H2,1-7H3,(H,29,34)(H,30,33)/t20-,21-. The van der Waals surface area contributed by atoms with Gasteiger partial charge < -0.3 is 20.1 Å². The van der Waals surface area contributed by atoms with Crippen LogP contribution in [0.15, 0.2) is 21.4 Å². The van der Waals surface area contributed by atoms with Crippen LogP contribution in [0.1, 0.15) is 70.9 Å². The number of nitrogens with zero attached hydrogens (tertiary/aromatic N) is 2. The van der Waals surface area contributed by atoms with Crippen LogP contribution in [0.4, 0.5) is 5.69 Å². The molecule has 1 aliphatic carbocycles. The predicted octanol–water partition coefficient (Wildman–Crippen LogP) is 5.00. The second-order valence-corrected chi connectivity index (χ2v) is 10.7. The fourth-order valence-electron chi connectivity index (χ4n) is 5.37. The van der Waals surface area contributed by atoms with Crippen molar-refractivity contribution in [2.45, 2.75) is 78.9 Å². The van der Waals surface area contributed by atoms with E-state index in [9.17, 15) is 9.59 Å².